The minimum atomic E-state index is 0.271. The molecule has 1 saturated heterocycles. The Bertz CT molecular complexity index is 685. The third-order valence-electron chi connectivity index (χ3n) is 5.92. The number of benzene rings is 1. The maximum absolute atomic E-state index is 12.6. The van der Waals surface area contributed by atoms with Crippen LogP contribution >= 0.6 is 0 Å². The van der Waals surface area contributed by atoms with E-state index in [9.17, 15) is 4.79 Å². The van der Waals surface area contributed by atoms with E-state index in [2.05, 4.69) is 34.6 Å². The summed E-state index contributed by atoms with van der Waals surface area (Å²) >= 11 is 0. The number of likely N-dealkylation sites (tertiary alicyclic amines) is 1. The van der Waals surface area contributed by atoms with Crippen molar-refractivity contribution in [3.8, 4) is 5.75 Å². The van der Waals surface area contributed by atoms with Gasteiger partial charge in [-0.15, -0.1) is 0 Å². The van der Waals surface area contributed by atoms with Crippen LogP contribution in [0.1, 0.15) is 51.0 Å². The molecule has 1 amide bonds. The van der Waals surface area contributed by atoms with Gasteiger partial charge in [-0.25, -0.2) is 0 Å². The summed E-state index contributed by atoms with van der Waals surface area (Å²) in [6, 6.07) is 8.50. The van der Waals surface area contributed by atoms with Crippen LogP contribution in [-0.4, -0.2) is 56.1 Å². The maximum atomic E-state index is 12.6. The Hall–Kier alpha value is -2.24. The van der Waals surface area contributed by atoms with Gasteiger partial charge in [-0.1, -0.05) is 25.0 Å². The molecule has 2 fully saturated rings. The number of methoxy groups -OCH3 is 1. The van der Waals surface area contributed by atoms with Gasteiger partial charge in [-0.05, 0) is 56.7 Å². The molecule has 1 atom stereocenters. The molecule has 6 nitrogen and oxygen atoms in total. The lowest BCUT2D eigenvalue weighted by molar-refractivity contribution is -0.134. The average molecular weight is 401 g/mol. The zero-order valence-electron chi connectivity index (χ0n) is 18.0. The Morgan fingerprint density at radius 3 is 2.86 bits per heavy atom. The number of ether oxygens (including phenoxy) is 1. The van der Waals surface area contributed by atoms with Gasteiger partial charge in [0.05, 0.1) is 7.11 Å². The molecule has 0 bridgehead atoms. The molecule has 2 aliphatic rings. The highest BCUT2D eigenvalue weighted by atomic mass is 16.5. The number of amides is 1. The fourth-order valence-electron chi connectivity index (χ4n) is 4.32. The third-order valence-corrected chi connectivity index (χ3v) is 5.92. The Morgan fingerprint density at radius 2 is 2.10 bits per heavy atom. The average Bonchev–Trinajstić information content (AvgIpc) is 3.43. The molecule has 2 N–H and O–H groups in total. The summed E-state index contributed by atoms with van der Waals surface area (Å²) in [6.45, 7) is 5.34. The highest BCUT2D eigenvalue weighted by molar-refractivity contribution is 5.81. The van der Waals surface area contributed by atoms with Crippen LogP contribution in [0.2, 0.25) is 0 Å². The van der Waals surface area contributed by atoms with Crippen LogP contribution in [-0.2, 0) is 11.2 Å². The van der Waals surface area contributed by atoms with E-state index >= 15 is 0 Å². The predicted molar refractivity (Wildman–Crippen MR) is 117 cm³/mol. The molecule has 3 rings (SSSR count). The molecule has 0 spiro atoms. The summed E-state index contributed by atoms with van der Waals surface area (Å²) < 4.78 is 5.29. The van der Waals surface area contributed by atoms with Crippen molar-refractivity contribution in [2.45, 2.75) is 57.9 Å². The van der Waals surface area contributed by atoms with Gasteiger partial charge in [0.15, 0.2) is 5.96 Å². The number of nitrogens with one attached hydrogen (secondary N) is 2. The molecule has 0 aromatic heterocycles. The minimum absolute atomic E-state index is 0.271. The molecular weight excluding hydrogens is 364 g/mol. The number of hydrogen-bond acceptors (Lipinski definition) is 3. The van der Waals surface area contributed by atoms with Crippen LogP contribution in [0.3, 0.4) is 0 Å². The molecule has 29 heavy (non-hydrogen) atoms. The van der Waals surface area contributed by atoms with Gasteiger partial charge >= 0.3 is 0 Å². The van der Waals surface area contributed by atoms with Crippen molar-refractivity contribution in [2.75, 3.05) is 33.3 Å². The Balaban J connectivity index is 1.44. The first kappa shape index (κ1) is 21.5. The lowest BCUT2D eigenvalue weighted by Crippen LogP contribution is -2.45. The smallest absolute Gasteiger partial charge is 0.225 e. The lowest BCUT2D eigenvalue weighted by atomic mass is 10.1. The molecule has 6 heteroatoms. The number of aliphatic imine (C=N–C) groups is 1. The normalized spacial score (nSPS) is 20.1. The Kier molecular flexibility index (Phi) is 8.20. The van der Waals surface area contributed by atoms with Gasteiger partial charge in [0.1, 0.15) is 5.75 Å². The SMILES string of the molecule is CCNC(=NCCCc1cccc(OC)c1)NC1CCN(C(=O)C2CCCC2)C1. The van der Waals surface area contributed by atoms with E-state index in [0.717, 1.165) is 70.0 Å². The second kappa shape index (κ2) is 11.1. The first-order chi connectivity index (χ1) is 14.2. The van der Waals surface area contributed by atoms with Crippen LogP contribution in [0.25, 0.3) is 0 Å². The van der Waals surface area contributed by atoms with Crippen LogP contribution < -0.4 is 15.4 Å². The van der Waals surface area contributed by atoms with Crippen LogP contribution in [0.5, 0.6) is 5.75 Å². The number of nitrogens with zero attached hydrogens (tertiary/aromatic N) is 2. The maximum Gasteiger partial charge on any atom is 0.225 e. The molecule has 1 aromatic carbocycles. The lowest BCUT2D eigenvalue weighted by Gasteiger charge is -2.21. The monoisotopic (exact) mass is 400 g/mol. The zero-order chi connectivity index (χ0) is 20.5. The Labute approximate surface area is 175 Å². The quantitative estimate of drug-likeness (QED) is 0.400. The van der Waals surface area contributed by atoms with Crippen LogP contribution in [0.15, 0.2) is 29.3 Å². The highest BCUT2D eigenvalue weighted by Gasteiger charge is 2.32. The van der Waals surface area contributed by atoms with E-state index in [4.69, 9.17) is 9.73 Å². The standard InChI is InChI=1S/C23H36N4O2/c1-3-24-23(25-14-7-9-18-8-6-12-21(16-18)29-2)26-20-13-15-27(17-20)22(28)19-10-4-5-11-19/h6,8,12,16,19-20H,3-5,7,9-11,13-15,17H2,1-2H3,(H2,24,25,26). The fourth-order valence-corrected chi connectivity index (χ4v) is 4.32. The van der Waals surface area contributed by atoms with Crippen molar-refractivity contribution < 1.29 is 9.53 Å². The summed E-state index contributed by atoms with van der Waals surface area (Å²) in [5.41, 5.74) is 1.27. The largest absolute Gasteiger partial charge is 0.497 e. The van der Waals surface area contributed by atoms with Gasteiger partial charge in [0.25, 0.3) is 0 Å². The van der Waals surface area contributed by atoms with Crippen molar-refractivity contribution in [1.29, 1.82) is 0 Å². The minimum Gasteiger partial charge on any atom is -0.497 e. The van der Waals surface area contributed by atoms with Crippen LogP contribution in [0.4, 0.5) is 0 Å². The first-order valence-corrected chi connectivity index (χ1v) is 11.2. The predicted octanol–water partition coefficient (Wildman–Crippen LogP) is 2.97. The first-order valence-electron chi connectivity index (χ1n) is 11.2. The highest BCUT2D eigenvalue weighted by Crippen LogP contribution is 2.27. The van der Waals surface area contributed by atoms with E-state index in [1.54, 1.807) is 7.11 Å². The van der Waals surface area contributed by atoms with Crippen molar-refractivity contribution >= 4 is 11.9 Å². The number of carbonyl (C=O) groups excluding carboxylic acids is 1. The van der Waals surface area contributed by atoms with Gasteiger partial charge < -0.3 is 20.3 Å². The molecule has 1 heterocycles. The number of rotatable bonds is 8. The van der Waals surface area contributed by atoms with Gasteiger partial charge in [-0.3, -0.25) is 9.79 Å². The second-order valence-corrected chi connectivity index (χ2v) is 8.11. The molecule has 1 aromatic rings. The molecule has 1 unspecified atom stereocenters. The second-order valence-electron chi connectivity index (χ2n) is 8.11. The summed E-state index contributed by atoms with van der Waals surface area (Å²) in [5.74, 6) is 2.40. The summed E-state index contributed by atoms with van der Waals surface area (Å²) in [5, 5.41) is 6.88. The van der Waals surface area contributed by atoms with E-state index in [1.807, 2.05) is 12.1 Å². The number of carbonyl (C=O) groups is 1. The number of guanidine groups is 1. The van der Waals surface area contributed by atoms with E-state index in [-0.39, 0.29) is 12.0 Å². The summed E-state index contributed by atoms with van der Waals surface area (Å²) in [6.07, 6.45) is 7.52. The topological polar surface area (TPSA) is 66.0 Å². The van der Waals surface area contributed by atoms with E-state index in [0.29, 0.717) is 5.91 Å². The number of hydrogen-bond donors (Lipinski definition) is 2. The van der Waals surface area contributed by atoms with Gasteiger partial charge in [0.2, 0.25) is 5.91 Å². The van der Waals surface area contributed by atoms with E-state index in [1.165, 1.54) is 18.4 Å². The van der Waals surface area contributed by atoms with E-state index < -0.39 is 0 Å². The molecular formula is C23H36N4O2. The molecule has 1 aliphatic heterocycles. The summed E-state index contributed by atoms with van der Waals surface area (Å²) in [7, 11) is 1.70. The molecule has 1 saturated carbocycles. The van der Waals surface area contributed by atoms with Crippen molar-refractivity contribution in [3.05, 3.63) is 29.8 Å². The summed E-state index contributed by atoms with van der Waals surface area (Å²) in [4.78, 5) is 19.4. The van der Waals surface area contributed by atoms with Crippen molar-refractivity contribution in [3.63, 3.8) is 0 Å². The van der Waals surface area contributed by atoms with Crippen LogP contribution in [0, 0.1) is 5.92 Å². The fraction of sp³-hybridized carbons (Fsp3) is 0.652. The molecule has 0 radical (unpaired) electrons. The Morgan fingerprint density at radius 1 is 1.28 bits per heavy atom. The van der Waals surface area contributed by atoms with Gasteiger partial charge in [0, 0.05) is 38.1 Å². The van der Waals surface area contributed by atoms with Crippen molar-refractivity contribution in [1.82, 2.24) is 15.5 Å². The molecule has 1 aliphatic carbocycles. The van der Waals surface area contributed by atoms with Crippen molar-refractivity contribution in [2.24, 2.45) is 10.9 Å². The molecule has 160 valence electrons. The zero-order valence-corrected chi connectivity index (χ0v) is 18.0. The van der Waals surface area contributed by atoms with Gasteiger partial charge in [-0.2, -0.15) is 0 Å². The third kappa shape index (κ3) is 6.38. The number of aryl methyl sites for hydroxylation is 1.